The van der Waals surface area contributed by atoms with Crippen LogP contribution in [-0.4, -0.2) is 49.9 Å². The van der Waals surface area contributed by atoms with Gasteiger partial charge in [0, 0.05) is 26.1 Å². The third kappa shape index (κ3) is 2.53. The van der Waals surface area contributed by atoms with Crippen LogP contribution < -0.4 is 0 Å². The van der Waals surface area contributed by atoms with Crippen LogP contribution in [0.15, 0.2) is 12.7 Å². The third-order valence-corrected chi connectivity index (χ3v) is 2.46. The number of carbonyl (C=O) groups is 1. The fourth-order valence-corrected chi connectivity index (χ4v) is 1.56. The van der Waals surface area contributed by atoms with Crippen LogP contribution in [0.2, 0.25) is 0 Å². The molecule has 0 saturated carbocycles. The van der Waals surface area contributed by atoms with Crippen molar-refractivity contribution in [3.63, 3.8) is 0 Å². The van der Waals surface area contributed by atoms with Crippen LogP contribution in [0.5, 0.6) is 0 Å². The van der Waals surface area contributed by atoms with Gasteiger partial charge in [-0.3, -0.25) is 9.48 Å². The maximum atomic E-state index is 11.5. The van der Waals surface area contributed by atoms with Gasteiger partial charge in [-0.05, 0) is 6.42 Å². The van der Waals surface area contributed by atoms with E-state index >= 15 is 0 Å². The molecule has 0 bridgehead atoms. The summed E-state index contributed by atoms with van der Waals surface area (Å²) in [6.07, 6.45) is 4.07. The lowest BCUT2D eigenvalue weighted by molar-refractivity contribution is -0.141. The van der Waals surface area contributed by atoms with Crippen molar-refractivity contribution in [2.45, 2.75) is 25.5 Å². The van der Waals surface area contributed by atoms with Crippen LogP contribution in [0.4, 0.5) is 0 Å². The molecule has 1 fully saturated rings. The summed E-state index contributed by atoms with van der Waals surface area (Å²) in [6, 6.07) is 0. The predicted octanol–water partition coefficient (Wildman–Crippen LogP) is -0.739. The van der Waals surface area contributed by atoms with Gasteiger partial charge >= 0.3 is 0 Å². The number of β-amino-alcohol motifs (C(OH)–C–C–N with tert-alkyl or cyclic N) is 1. The van der Waals surface area contributed by atoms with Gasteiger partial charge in [0.25, 0.3) is 0 Å². The number of nitrogens with zero attached hydrogens (tertiary/aromatic N) is 4. The lowest BCUT2D eigenvalue weighted by Gasteiger charge is -2.35. The Kier molecular flexibility index (Phi) is 2.96. The zero-order valence-corrected chi connectivity index (χ0v) is 8.41. The van der Waals surface area contributed by atoms with Crippen molar-refractivity contribution in [2.24, 2.45) is 0 Å². The molecule has 0 spiro atoms. The first-order valence-electron chi connectivity index (χ1n) is 5.04. The Morgan fingerprint density at radius 2 is 2.33 bits per heavy atom. The molecule has 0 aliphatic carbocycles. The Balaban J connectivity index is 1.64. The molecule has 0 atom stereocenters. The Labute approximate surface area is 87.5 Å². The molecule has 1 aliphatic heterocycles. The van der Waals surface area contributed by atoms with Crippen LogP contribution >= 0.6 is 0 Å². The van der Waals surface area contributed by atoms with Crippen molar-refractivity contribution in [3.05, 3.63) is 12.7 Å². The van der Waals surface area contributed by atoms with Gasteiger partial charge in [-0.2, -0.15) is 5.10 Å². The normalized spacial score (nSPS) is 16.5. The van der Waals surface area contributed by atoms with E-state index in [1.807, 2.05) is 0 Å². The molecule has 0 radical (unpaired) electrons. The monoisotopic (exact) mass is 210 g/mol. The van der Waals surface area contributed by atoms with Crippen LogP contribution in [0.25, 0.3) is 0 Å². The summed E-state index contributed by atoms with van der Waals surface area (Å²) in [5.74, 6) is 0.111. The molecule has 0 unspecified atom stereocenters. The largest absolute Gasteiger partial charge is 0.389 e. The fraction of sp³-hybridized carbons (Fsp3) is 0.667. The first kappa shape index (κ1) is 10.1. The van der Waals surface area contributed by atoms with Gasteiger partial charge in [0.05, 0.1) is 6.10 Å². The highest BCUT2D eigenvalue weighted by molar-refractivity contribution is 5.77. The van der Waals surface area contributed by atoms with Gasteiger partial charge in [-0.15, -0.1) is 0 Å². The standard InChI is InChI=1S/C9H14N4O2/c14-8-4-12(5-8)9(15)2-1-3-13-7-10-6-11-13/h6-8,14H,1-5H2. The van der Waals surface area contributed by atoms with Crippen molar-refractivity contribution in [1.82, 2.24) is 19.7 Å². The summed E-state index contributed by atoms with van der Waals surface area (Å²) in [5, 5.41) is 13.0. The minimum atomic E-state index is -0.315. The van der Waals surface area contributed by atoms with E-state index in [0.717, 1.165) is 6.42 Å². The van der Waals surface area contributed by atoms with Crippen molar-refractivity contribution < 1.29 is 9.90 Å². The average molecular weight is 210 g/mol. The highest BCUT2D eigenvalue weighted by atomic mass is 16.3. The van der Waals surface area contributed by atoms with Crippen LogP contribution in [-0.2, 0) is 11.3 Å². The van der Waals surface area contributed by atoms with E-state index in [4.69, 9.17) is 5.11 Å². The molecule has 6 heteroatoms. The minimum absolute atomic E-state index is 0.111. The summed E-state index contributed by atoms with van der Waals surface area (Å²) in [7, 11) is 0. The van der Waals surface area contributed by atoms with Crippen LogP contribution in [0.1, 0.15) is 12.8 Å². The predicted molar refractivity (Wildman–Crippen MR) is 51.8 cm³/mol. The molecule has 0 aromatic carbocycles. The average Bonchev–Trinajstić information content (AvgIpc) is 2.65. The Hall–Kier alpha value is -1.43. The smallest absolute Gasteiger partial charge is 0.222 e. The number of hydrogen-bond donors (Lipinski definition) is 1. The van der Waals surface area contributed by atoms with Crippen LogP contribution in [0, 0.1) is 0 Å². The van der Waals surface area contributed by atoms with Gasteiger partial charge in [0.1, 0.15) is 12.7 Å². The van der Waals surface area contributed by atoms with E-state index in [2.05, 4.69) is 10.1 Å². The number of carbonyl (C=O) groups excluding carboxylic acids is 1. The van der Waals surface area contributed by atoms with Crippen molar-refractivity contribution in [2.75, 3.05) is 13.1 Å². The van der Waals surface area contributed by atoms with E-state index in [1.165, 1.54) is 6.33 Å². The molecule has 1 aliphatic rings. The first-order valence-corrected chi connectivity index (χ1v) is 5.04. The zero-order valence-electron chi connectivity index (χ0n) is 8.41. The van der Waals surface area contributed by atoms with E-state index in [9.17, 15) is 4.79 Å². The molecule has 1 N–H and O–H groups in total. The zero-order chi connectivity index (χ0) is 10.7. The van der Waals surface area contributed by atoms with Crippen LogP contribution in [0.3, 0.4) is 0 Å². The number of rotatable bonds is 4. The molecule has 1 amide bonds. The lowest BCUT2D eigenvalue weighted by Crippen LogP contribution is -2.53. The van der Waals surface area contributed by atoms with E-state index < -0.39 is 0 Å². The van der Waals surface area contributed by atoms with Gasteiger partial charge in [0.2, 0.25) is 5.91 Å². The number of hydrogen-bond acceptors (Lipinski definition) is 4. The summed E-state index contributed by atoms with van der Waals surface area (Å²) in [4.78, 5) is 17.0. The molecule has 2 rings (SSSR count). The van der Waals surface area contributed by atoms with Gasteiger partial charge < -0.3 is 10.0 Å². The summed E-state index contributed by atoms with van der Waals surface area (Å²) in [6.45, 7) is 1.69. The molecule has 15 heavy (non-hydrogen) atoms. The highest BCUT2D eigenvalue weighted by Gasteiger charge is 2.27. The maximum absolute atomic E-state index is 11.5. The minimum Gasteiger partial charge on any atom is -0.389 e. The Bertz CT molecular complexity index is 319. The summed E-state index contributed by atoms with van der Waals surface area (Å²) < 4.78 is 1.71. The van der Waals surface area contributed by atoms with Crippen molar-refractivity contribution in [1.29, 1.82) is 0 Å². The summed E-state index contributed by atoms with van der Waals surface area (Å²) in [5.41, 5.74) is 0. The molecule has 1 saturated heterocycles. The fourth-order valence-electron chi connectivity index (χ4n) is 1.56. The lowest BCUT2D eigenvalue weighted by atomic mass is 10.1. The molecule has 2 heterocycles. The van der Waals surface area contributed by atoms with E-state index in [-0.39, 0.29) is 12.0 Å². The third-order valence-electron chi connectivity index (χ3n) is 2.46. The highest BCUT2D eigenvalue weighted by Crippen LogP contribution is 2.10. The van der Waals surface area contributed by atoms with E-state index in [1.54, 1.807) is 15.9 Å². The van der Waals surface area contributed by atoms with Crippen molar-refractivity contribution in [3.8, 4) is 0 Å². The molecule has 6 nitrogen and oxygen atoms in total. The summed E-state index contributed by atoms with van der Waals surface area (Å²) >= 11 is 0. The Morgan fingerprint density at radius 1 is 1.53 bits per heavy atom. The number of aromatic nitrogens is 3. The number of likely N-dealkylation sites (tertiary alicyclic amines) is 1. The topological polar surface area (TPSA) is 71.2 Å². The van der Waals surface area contributed by atoms with Gasteiger partial charge in [-0.25, -0.2) is 4.98 Å². The number of aryl methyl sites for hydroxylation is 1. The quantitative estimate of drug-likeness (QED) is 0.710. The Morgan fingerprint density at radius 3 is 2.93 bits per heavy atom. The second kappa shape index (κ2) is 4.39. The molecule has 82 valence electrons. The molecular weight excluding hydrogens is 196 g/mol. The first-order chi connectivity index (χ1) is 7.25. The number of aliphatic hydroxyl groups is 1. The maximum Gasteiger partial charge on any atom is 0.222 e. The van der Waals surface area contributed by atoms with Crippen molar-refractivity contribution >= 4 is 5.91 Å². The second-order valence-electron chi connectivity index (χ2n) is 3.71. The van der Waals surface area contributed by atoms with Gasteiger partial charge in [0.15, 0.2) is 0 Å². The van der Waals surface area contributed by atoms with E-state index in [0.29, 0.717) is 26.1 Å². The second-order valence-corrected chi connectivity index (χ2v) is 3.71. The molecule has 1 aromatic heterocycles. The molecular formula is C9H14N4O2. The number of aliphatic hydroxyl groups excluding tert-OH is 1. The van der Waals surface area contributed by atoms with Gasteiger partial charge in [-0.1, -0.05) is 0 Å². The molecule has 1 aromatic rings. The number of amides is 1. The SMILES string of the molecule is O=C(CCCn1cncn1)N1CC(O)C1.